The highest BCUT2D eigenvalue weighted by atomic mass is 32.2. The highest BCUT2D eigenvalue weighted by Gasteiger charge is 2.25. The Bertz CT molecular complexity index is 470. The van der Waals surface area contributed by atoms with Gasteiger partial charge in [0.05, 0.1) is 4.90 Å². The van der Waals surface area contributed by atoms with E-state index in [4.69, 9.17) is 0 Å². The maximum Gasteiger partial charge on any atom is 0.175 e. The van der Waals surface area contributed by atoms with Crippen LogP contribution in [0.3, 0.4) is 0 Å². The fourth-order valence-corrected chi connectivity index (χ4v) is 2.90. The molecule has 0 saturated heterocycles. The van der Waals surface area contributed by atoms with Crippen LogP contribution in [0, 0.1) is 6.92 Å². The summed E-state index contributed by atoms with van der Waals surface area (Å²) in [6, 6.07) is 1.57. The van der Waals surface area contributed by atoms with Gasteiger partial charge in [0.15, 0.2) is 9.84 Å². The first kappa shape index (κ1) is 12.2. The highest BCUT2D eigenvalue weighted by Crippen LogP contribution is 2.30. The molecule has 0 saturated carbocycles. The number of aromatic nitrogens is 1. The van der Waals surface area contributed by atoms with E-state index in [0.717, 1.165) is 11.3 Å². The quantitative estimate of drug-likeness (QED) is 0.738. The van der Waals surface area contributed by atoms with Crippen LogP contribution in [0.1, 0.15) is 32.0 Å². The SMILES string of the molecule is Cc1nccc(S(C)(=O)=O)c1C(C)(C)C. The lowest BCUT2D eigenvalue weighted by Crippen LogP contribution is -2.19. The third kappa shape index (κ3) is 2.56. The summed E-state index contributed by atoms with van der Waals surface area (Å²) >= 11 is 0. The van der Waals surface area contributed by atoms with Gasteiger partial charge in [-0.25, -0.2) is 8.42 Å². The topological polar surface area (TPSA) is 47.0 Å². The number of pyridine rings is 1. The smallest absolute Gasteiger partial charge is 0.175 e. The second-order valence-corrected chi connectivity index (χ2v) is 6.78. The second kappa shape index (κ2) is 3.59. The predicted octanol–water partition coefficient (Wildman–Crippen LogP) is 2.09. The minimum atomic E-state index is -3.18. The van der Waals surface area contributed by atoms with E-state index in [-0.39, 0.29) is 5.41 Å². The van der Waals surface area contributed by atoms with Gasteiger partial charge in [-0.15, -0.1) is 0 Å². The monoisotopic (exact) mass is 227 g/mol. The van der Waals surface area contributed by atoms with E-state index in [0.29, 0.717) is 4.90 Å². The Morgan fingerprint density at radius 1 is 1.27 bits per heavy atom. The van der Waals surface area contributed by atoms with Crippen LogP contribution in [0.5, 0.6) is 0 Å². The molecule has 0 unspecified atom stereocenters. The summed E-state index contributed by atoms with van der Waals surface area (Å²) in [7, 11) is -3.18. The predicted molar refractivity (Wildman–Crippen MR) is 60.8 cm³/mol. The first-order valence-corrected chi connectivity index (χ1v) is 6.69. The Balaban J connectivity index is 3.63. The Labute approximate surface area is 91.5 Å². The van der Waals surface area contributed by atoms with E-state index < -0.39 is 9.84 Å². The van der Waals surface area contributed by atoms with E-state index >= 15 is 0 Å². The third-order valence-corrected chi connectivity index (χ3v) is 3.39. The zero-order chi connectivity index (χ0) is 11.9. The van der Waals surface area contributed by atoms with Crippen molar-refractivity contribution in [3.8, 4) is 0 Å². The molecule has 0 aromatic carbocycles. The molecule has 0 atom stereocenters. The van der Waals surface area contributed by atoms with Crippen LogP contribution in [0.2, 0.25) is 0 Å². The van der Waals surface area contributed by atoms with Crippen molar-refractivity contribution in [2.24, 2.45) is 0 Å². The van der Waals surface area contributed by atoms with Crippen LogP contribution in [0.15, 0.2) is 17.2 Å². The van der Waals surface area contributed by atoms with Crippen LogP contribution < -0.4 is 0 Å². The average Bonchev–Trinajstić information content (AvgIpc) is 1.99. The zero-order valence-corrected chi connectivity index (χ0v) is 10.6. The molecule has 0 aliphatic carbocycles. The molecular weight excluding hydrogens is 210 g/mol. The average molecular weight is 227 g/mol. The number of hydrogen-bond acceptors (Lipinski definition) is 3. The maximum atomic E-state index is 11.6. The first-order valence-electron chi connectivity index (χ1n) is 4.80. The molecule has 0 radical (unpaired) electrons. The Morgan fingerprint density at radius 2 is 1.80 bits per heavy atom. The van der Waals surface area contributed by atoms with Gasteiger partial charge >= 0.3 is 0 Å². The van der Waals surface area contributed by atoms with Gasteiger partial charge in [0.25, 0.3) is 0 Å². The van der Waals surface area contributed by atoms with E-state index in [1.54, 1.807) is 12.3 Å². The van der Waals surface area contributed by atoms with E-state index in [2.05, 4.69) is 4.98 Å². The lowest BCUT2D eigenvalue weighted by atomic mass is 9.86. The van der Waals surface area contributed by atoms with Crippen molar-refractivity contribution in [3.05, 3.63) is 23.5 Å². The van der Waals surface area contributed by atoms with Crippen molar-refractivity contribution < 1.29 is 8.42 Å². The summed E-state index contributed by atoms with van der Waals surface area (Å²) in [6.07, 6.45) is 2.78. The molecule has 84 valence electrons. The number of sulfone groups is 1. The van der Waals surface area contributed by atoms with Gasteiger partial charge in [0.2, 0.25) is 0 Å². The van der Waals surface area contributed by atoms with Gasteiger partial charge < -0.3 is 0 Å². The molecule has 1 aromatic rings. The Morgan fingerprint density at radius 3 is 2.13 bits per heavy atom. The van der Waals surface area contributed by atoms with Gasteiger partial charge in [0.1, 0.15) is 0 Å². The summed E-state index contributed by atoms with van der Waals surface area (Å²) in [5.41, 5.74) is 1.38. The second-order valence-electron chi connectivity index (χ2n) is 4.79. The molecule has 1 heterocycles. The molecule has 3 nitrogen and oxygen atoms in total. The van der Waals surface area contributed by atoms with Crippen molar-refractivity contribution in [1.82, 2.24) is 4.98 Å². The lowest BCUT2D eigenvalue weighted by molar-refractivity contribution is 0.556. The van der Waals surface area contributed by atoms with Crippen LogP contribution in [-0.4, -0.2) is 19.7 Å². The van der Waals surface area contributed by atoms with Gasteiger partial charge in [-0.3, -0.25) is 4.98 Å². The molecule has 0 aliphatic heterocycles. The fourth-order valence-electron chi connectivity index (χ4n) is 1.76. The summed E-state index contributed by atoms with van der Waals surface area (Å²) in [4.78, 5) is 4.55. The molecule has 4 heteroatoms. The van der Waals surface area contributed by atoms with Crippen molar-refractivity contribution in [2.45, 2.75) is 38.0 Å². The maximum absolute atomic E-state index is 11.6. The van der Waals surface area contributed by atoms with Crippen molar-refractivity contribution in [2.75, 3.05) is 6.26 Å². The first-order chi connectivity index (χ1) is 6.64. The number of rotatable bonds is 1. The van der Waals surface area contributed by atoms with Gasteiger partial charge in [-0.1, -0.05) is 20.8 Å². The summed E-state index contributed by atoms with van der Waals surface area (Å²) < 4.78 is 23.2. The summed E-state index contributed by atoms with van der Waals surface area (Å²) in [6.45, 7) is 7.82. The van der Waals surface area contributed by atoms with Crippen molar-refractivity contribution >= 4 is 9.84 Å². The molecule has 0 aliphatic rings. The number of nitrogens with zero attached hydrogens (tertiary/aromatic N) is 1. The minimum Gasteiger partial charge on any atom is -0.261 e. The van der Waals surface area contributed by atoms with Crippen LogP contribution >= 0.6 is 0 Å². The lowest BCUT2D eigenvalue weighted by Gasteiger charge is -2.23. The van der Waals surface area contributed by atoms with Crippen LogP contribution in [-0.2, 0) is 15.3 Å². The van der Waals surface area contributed by atoms with Crippen LogP contribution in [0.4, 0.5) is 0 Å². The normalized spacial score (nSPS) is 12.9. The van der Waals surface area contributed by atoms with E-state index in [1.807, 2.05) is 27.7 Å². The molecule has 0 fully saturated rings. The summed E-state index contributed by atoms with van der Waals surface area (Å²) in [5.74, 6) is 0. The van der Waals surface area contributed by atoms with E-state index in [1.165, 1.54) is 6.26 Å². The van der Waals surface area contributed by atoms with Crippen molar-refractivity contribution in [3.63, 3.8) is 0 Å². The van der Waals surface area contributed by atoms with Crippen molar-refractivity contribution in [1.29, 1.82) is 0 Å². The molecule has 0 spiro atoms. The molecule has 0 bridgehead atoms. The Kier molecular flexibility index (Phi) is 2.92. The summed E-state index contributed by atoms with van der Waals surface area (Å²) in [5, 5.41) is 0. The minimum absolute atomic E-state index is 0.212. The highest BCUT2D eigenvalue weighted by molar-refractivity contribution is 7.90. The largest absolute Gasteiger partial charge is 0.261 e. The van der Waals surface area contributed by atoms with Gasteiger partial charge in [-0.05, 0) is 24.0 Å². The third-order valence-electron chi connectivity index (χ3n) is 2.25. The van der Waals surface area contributed by atoms with Gasteiger partial charge in [-0.2, -0.15) is 0 Å². The molecule has 0 N–H and O–H groups in total. The molecule has 0 amide bonds. The molecule has 1 rings (SSSR count). The Hall–Kier alpha value is -0.900. The van der Waals surface area contributed by atoms with E-state index in [9.17, 15) is 8.42 Å². The number of hydrogen-bond donors (Lipinski definition) is 0. The van der Waals surface area contributed by atoms with Crippen LogP contribution in [0.25, 0.3) is 0 Å². The fraction of sp³-hybridized carbons (Fsp3) is 0.545. The molecule has 1 aromatic heterocycles. The molecule has 15 heavy (non-hydrogen) atoms. The zero-order valence-electron chi connectivity index (χ0n) is 9.83. The number of aryl methyl sites for hydroxylation is 1. The standard InChI is InChI=1S/C11H17NO2S/c1-8-10(11(2,3)4)9(6-7-12-8)15(5,13)14/h6-7H,1-5H3. The van der Waals surface area contributed by atoms with Gasteiger partial charge in [0, 0.05) is 18.1 Å². The molecular formula is C11H17NO2S.